The van der Waals surface area contributed by atoms with Gasteiger partial charge in [-0.3, -0.25) is 4.68 Å². The Hall–Kier alpha value is -2.14. The second-order valence-corrected chi connectivity index (χ2v) is 5.04. The number of carbonyl (C=O) groups is 1. The molecule has 1 unspecified atom stereocenters. The van der Waals surface area contributed by atoms with Crippen LogP contribution in [0.5, 0.6) is 0 Å². The topological polar surface area (TPSA) is 56.2 Å². The number of rotatable bonds is 6. The van der Waals surface area contributed by atoms with Crippen LogP contribution < -0.4 is 5.32 Å². The van der Waals surface area contributed by atoms with E-state index in [4.69, 9.17) is 4.74 Å². The number of likely N-dealkylation sites (N-methyl/N-ethyl adjacent to an activating group) is 1. The van der Waals surface area contributed by atoms with Gasteiger partial charge in [0.1, 0.15) is 5.54 Å². The molecule has 0 aliphatic heterocycles. The minimum absolute atomic E-state index is 0.292. The Morgan fingerprint density at radius 3 is 2.62 bits per heavy atom. The maximum Gasteiger partial charge on any atom is 0.330 e. The van der Waals surface area contributed by atoms with Gasteiger partial charge in [-0.05, 0) is 25.1 Å². The predicted molar refractivity (Wildman–Crippen MR) is 80.8 cm³/mol. The summed E-state index contributed by atoms with van der Waals surface area (Å²) in [6, 6.07) is 9.63. The largest absolute Gasteiger partial charge is 0.467 e. The molecule has 5 heteroatoms. The van der Waals surface area contributed by atoms with Gasteiger partial charge in [-0.1, -0.05) is 30.3 Å². The van der Waals surface area contributed by atoms with Gasteiger partial charge in [-0.25, -0.2) is 4.79 Å². The van der Waals surface area contributed by atoms with E-state index in [1.54, 1.807) is 7.05 Å². The molecule has 5 nitrogen and oxygen atoms in total. The summed E-state index contributed by atoms with van der Waals surface area (Å²) in [5.41, 5.74) is 1.13. The minimum Gasteiger partial charge on any atom is -0.467 e. The average Bonchev–Trinajstić information content (AvgIpc) is 2.94. The number of carbonyl (C=O) groups excluding carboxylic acids is 1. The summed E-state index contributed by atoms with van der Waals surface area (Å²) in [6.45, 7) is 2.62. The molecule has 0 fully saturated rings. The number of methoxy groups -OCH3 is 1. The third-order valence-corrected chi connectivity index (χ3v) is 3.71. The van der Waals surface area contributed by atoms with Crippen LogP contribution >= 0.6 is 0 Å². The second kappa shape index (κ2) is 6.54. The zero-order chi connectivity index (χ0) is 15.3. The first-order chi connectivity index (χ1) is 10.1. The van der Waals surface area contributed by atoms with Gasteiger partial charge in [0.2, 0.25) is 0 Å². The van der Waals surface area contributed by atoms with Crippen LogP contribution in [0.2, 0.25) is 0 Å². The molecule has 21 heavy (non-hydrogen) atoms. The van der Waals surface area contributed by atoms with E-state index in [-0.39, 0.29) is 5.97 Å². The highest BCUT2D eigenvalue weighted by molar-refractivity contribution is 5.82. The Balaban J connectivity index is 2.29. The molecule has 0 amide bonds. The van der Waals surface area contributed by atoms with Crippen molar-refractivity contribution < 1.29 is 9.53 Å². The maximum atomic E-state index is 12.4. The SMILES string of the molecule is CNC(CCn1cc(C)cn1)(C(=O)OC)c1ccccc1. The van der Waals surface area contributed by atoms with Crippen LogP contribution in [0.25, 0.3) is 0 Å². The number of aryl methyl sites for hydroxylation is 2. The molecule has 1 heterocycles. The highest BCUT2D eigenvalue weighted by Gasteiger charge is 2.39. The molecule has 0 aliphatic rings. The zero-order valence-electron chi connectivity index (χ0n) is 12.7. The fourth-order valence-electron chi connectivity index (χ4n) is 2.50. The molecular formula is C16H21N3O2. The molecule has 112 valence electrons. The first-order valence-electron chi connectivity index (χ1n) is 6.94. The highest BCUT2D eigenvalue weighted by atomic mass is 16.5. The van der Waals surface area contributed by atoms with Gasteiger partial charge in [0, 0.05) is 19.2 Å². The van der Waals surface area contributed by atoms with E-state index in [1.807, 2.05) is 54.3 Å². The molecule has 0 saturated heterocycles. The van der Waals surface area contributed by atoms with Crippen molar-refractivity contribution in [2.45, 2.75) is 25.4 Å². The molecule has 0 spiro atoms. The quantitative estimate of drug-likeness (QED) is 0.824. The normalized spacial score (nSPS) is 13.7. The van der Waals surface area contributed by atoms with Crippen molar-refractivity contribution in [3.05, 3.63) is 53.9 Å². The van der Waals surface area contributed by atoms with Crippen molar-refractivity contribution in [2.24, 2.45) is 0 Å². The Morgan fingerprint density at radius 2 is 2.10 bits per heavy atom. The molecule has 2 rings (SSSR count). The summed E-state index contributed by atoms with van der Waals surface area (Å²) < 4.78 is 6.86. The van der Waals surface area contributed by atoms with Crippen LogP contribution in [0, 0.1) is 6.92 Å². The molecule has 1 atom stereocenters. The van der Waals surface area contributed by atoms with E-state index >= 15 is 0 Å². The number of hydrogen-bond donors (Lipinski definition) is 1. The van der Waals surface area contributed by atoms with Crippen molar-refractivity contribution >= 4 is 5.97 Å². The highest BCUT2D eigenvalue weighted by Crippen LogP contribution is 2.27. The summed E-state index contributed by atoms with van der Waals surface area (Å²) in [5.74, 6) is -0.292. The Labute approximate surface area is 124 Å². The van der Waals surface area contributed by atoms with Crippen molar-refractivity contribution in [1.82, 2.24) is 15.1 Å². The van der Waals surface area contributed by atoms with Gasteiger partial charge >= 0.3 is 5.97 Å². The van der Waals surface area contributed by atoms with Crippen LogP contribution in [-0.4, -0.2) is 29.9 Å². The van der Waals surface area contributed by atoms with Crippen molar-refractivity contribution in [1.29, 1.82) is 0 Å². The van der Waals surface area contributed by atoms with E-state index in [9.17, 15) is 4.79 Å². The van der Waals surface area contributed by atoms with Crippen LogP contribution in [0.15, 0.2) is 42.7 Å². The smallest absolute Gasteiger partial charge is 0.330 e. The average molecular weight is 287 g/mol. The molecular weight excluding hydrogens is 266 g/mol. The first-order valence-corrected chi connectivity index (χ1v) is 6.94. The van der Waals surface area contributed by atoms with E-state index < -0.39 is 5.54 Å². The summed E-state index contributed by atoms with van der Waals surface area (Å²) >= 11 is 0. The third-order valence-electron chi connectivity index (χ3n) is 3.71. The Morgan fingerprint density at radius 1 is 1.38 bits per heavy atom. The number of hydrogen-bond acceptors (Lipinski definition) is 4. The maximum absolute atomic E-state index is 12.4. The summed E-state index contributed by atoms with van der Waals surface area (Å²) in [5, 5.41) is 7.41. The Kier molecular flexibility index (Phi) is 4.75. The number of benzene rings is 1. The Bertz CT molecular complexity index is 595. The molecule has 1 aromatic carbocycles. The fourth-order valence-corrected chi connectivity index (χ4v) is 2.50. The number of aromatic nitrogens is 2. The summed E-state index contributed by atoms with van der Waals surface area (Å²) in [7, 11) is 3.19. The van der Waals surface area contributed by atoms with E-state index in [1.165, 1.54) is 7.11 Å². The van der Waals surface area contributed by atoms with Crippen molar-refractivity contribution in [2.75, 3.05) is 14.2 Å². The summed E-state index contributed by atoms with van der Waals surface area (Å²) in [6.07, 6.45) is 4.33. The van der Waals surface area contributed by atoms with E-state index in [2.05, 4.69) is 10.4 Å². The predicted octanol–water partition coefficient (Wildman–Crippen LogP) is 1.87. The molecule has 0 bridgehead atoms. The fraction of sp³-hybridized carbons (Fsp3) is 0.375. The molecule has 1 aromatic heterocycles. The van der Waals surface area contributed by atoms with Gasteiger partial charge in [0.05, 0.1) is 13.3 Å². The summed E-state index contributed by atoms with van der Waals surface area (Å²) in [4.78, 5) is 12.4. The zero-order valence-corrected chi connectivity index (χ0v) is 12.7. The number of nitrogens with one attached hydrogen (secondary N) is 1. The molecule has 0 aliphatic carbocycles. The number of nitrogens with zero attached hydrogens (tertiary/aromatic N) is 2. The van der Waals surface area contributed by atoms with E-state index in [0.717, 1.165) is 11.1 Å². The monoisotopic (exact) mass is 287 g/mol. The lowest BCUT2D eigenvalue weighted by Gasteiger charge is -2.31. The van der Waals surface area contributed by atoms with Crippen LogP contribution in [0.3, 0.4) is 0 Å². The van der Waals surface area contributed by atoms with Gasteiger partial charge in [-0.2, -0.15) is 5.10 Å². The van der Waals surface area contributed by atoms with Crippen LogP contribution in [-0.2, 0) is 21.6 Å². The van der Waals surface area contributed by atoms with Gasteiger partial charge in [0.15, 0.2) is 0 Å². The second-order valence-electron chi connectivity index (χ2n) is 5.04. The lowest BCUT2D eigenvalue weighted by atomic mass is 9.86. The number of esters is 1. The molecule has 1 N–H and O–H groups in total. The minimum atomic E-state index is -0.865. The van der Waals surface area contributed by atoms with Crippen molar-refractivity contribution in [3.8, 4) is 0 Å². The van der Waals surface area contributed by atoms with Crippen LogP contribution in [0.4, 0.5) is 0 Å². The van der Waals surface area contributed by atoms with Crippen molar-refractivity contribution in [3.63, 3.8) is 0 Å². The molecule has 0 saturated carbocycles. The lowest BCUT2D eigenvalue weighted by Crippen LogP contribution is -2.48. The van der Waals surface area contributed by atoms with Gasteiger partial charge < -0.3 is 10.1 Å². The first kappa shape index (κ1) is 15.3. The van der Waals surface area contributed by atoms with Crippen LogP contribution in [0.1, 0.15) is 17.5 Å². The third kappa shape index (κ3) is 3.13. The van der Waals surface area contributed by atoms with Gasteiger partial charge in [0.25, 0.3) is 0 Å². The number of ether oxygens (including phenoxy) is 1. The lowest BCUT2D eigenvalue weighted by molar-refractivity contribution is -0.149. The van der Waals surface area contributed by atoms with Gasteiger partial charge in [-0.15, -0.1) is 0 Å². The molecule has 0 radical (unpaired) electrons. The standard InChI is InChI=1S/C16H21N3O2/c1-13-11-18-19(12-13)10-9-16(17-2,15(20)21-3)14-7-5-4-6-8-14/h4-8,11-12,17H,9-10H2,1-3H3. The molecule has 2 aromatic rings. The van der Waals surface area contributed by atoms with E-state index in [0.29, 0.717) is 13.0 Å².